The molecular weight excluding hydrogens is 250 g/mol. The first kappa shape index (κ1) is 14.6. The lowest BCUT2D eigenvalue weighted by atomic mass is 10.3. The third-order valence-corrected chi connectivity index (χ3v) is 3.44. The maximum atomic E-state index is 4.72. The Morgan fingerprint density at radius 2 is 1.30 bits per heavy atom. The lowest BCUT2D eigenvalue weighted by molar-refractivity contribution is 0.852. The zero-order valence-electron chi connectivity index (χ0n) is 13.2. The predicted molar refractivity (Wildman–Crippen MR) is 82.7 cm³/mol. The van der Waals surface area contributed by atoms with E-state index in [0.29, 0.717) is 0 Å². The number of aryl methyl sites for hydroxylation is 4. The highest BCUT2D eigenvalue weighted by Crippen LogP contribution is 2.28. The van der Waals surface area contributed by atoms with Crippen LogP contribution < -0.4 is 4.90 Å². The van der Waals surface area contributed by atoms with Crippen molar-refractivity contribution < 1.29 is 0 Å². The van der Waals surface area contributed by atoms with E-state index in [1.807, 2.05) is 0 Å². The molecule has 0 aliphatic rings. The van der Waals surface area contributed by atoms with Crippen molar-refractivity contribution in [2.75, 3.05) is 11.4 Å². The fourth-order valence-electron chi connectivity index (χ4n) is 2.42. The Bertz CT molecular complexity index is 519. The molecule has 5 nitrogen and oxygen atoms in total. The summed E-state index contributed by atoms with van der Waals surface area (Å²) >= 11 is 0. The number of anilines is 2. The summed E-state index contributed by atoms with van der Waals surface area (Å²) in [5.41, 5.74) is 2.21. The van der Waals surface area contributed by atoms with Gasteiger partial charge in [0, 0.05) is 19.4 Å². The minimum atomic E-state index is 0.917. The summed E-state index contributed by atoms with van der Waals surface area (Å²) in [5, 5.41) is 0. The van der Waals surface area contributed by atoms with Crippen LogP contribution in [0.2, 0.25) is 0 Å². The normalized spacial score (nSPS) is 11.1. The molecule has 0 fully saturated rings. The van der Waals surface area contributed by atoms with Gasteiger partial charge in [-0.15, -0.1) is 0 Å². The fourth-order valence-corrected chi connectivity index (χ4v) is 2.42. The third-order valence-electron chi connectivity index (χ3n) is 3.44. The first-order valence-electron chi connectivity index (χ1n) is 7.49. The van der Waals surface area contributed by atoms with E-state index in [9.17, 15) is 0 Å². The minimum absolute atomic E-state index is 0.917. The zero-order valence-corrected chi connectivity index (χ0v) is 13.2. The Labute approximate surface area is 120 Å². The minimum Gasteiger partial charge on any atom is -0.344 e. The van der Waals surface area contributed by atoms with Gasteiger partial charge in [0.1, 0.15) is 11.6 Å². The van der Waals surface area contributed by atoms with Crippen LogP contribution in [0, 0.1) is 13.8 Å². The van der Waals surface area contributed by atoms with Crippen molar-refractivity contribution in [3.63, 3.8) is 0 Å². The molecule has 0 atom stereocenters. The van der Waals surface area contributed by atoms with E-state index >= 15 is 0 Å². The Balaban J connectivity index is 2.43. The number of H-pyrrole nitrogens is 2. The van der Waals surface area contributed by atoms with Crippen molar-refractivity contribution >= 4 is 11.6 Å². The number of imidazole rings is 2. The SMILES string of the molecule is CCCN(c1nc(CC)[nH]c1C)c1nc(CC)[nH]c1C. The predicted octanol–water partition coefficient (Wildman–Crippen LogP) is 3.42. The highest BCUT2D eigenvalue weighted by Gasteiger charge is 2.20. The van der Waals surface area contributed by atoms with Gasteiger partial charge >= 0.3 is 0 Å². The van der Waals surface area contributed by atoms with Crippen LogP contribution in [0.1, 0.15) is 50.2 Å². The van der Waals surface area contributed by atoms with E-state index in [4.69, 9.17) is 9.97 Å². The van der Waals surface area contributed by atoms with Gasteiger partial charge in [-0.3, -0.25) is 0 Å². The molecule has 2 rings (SSSR count). The zero-order chi connectivity index (χ0) is 14.7. The molecule has 110 valence electrons. The van der Waals surface area contributed by atoms with Crippen molar-refractivity contribution in [2.45, 2.75) is 53.9 Å². The van der Waals surface area contributed by atoms with E-state index in [0.717, 1.165) is 60.5 Å². The molecule has 0 saturated carbocycles. The summed E-state index contributed by atoms with van der Waals surface area (Å²) in [6.45, 7) is 11.5. The van der Waals surface area contributed by atoms with E-state index in [1.54, 1.807) is 0 Å². The van der Waals surface area contributed by atoms with Gasteiger partial charge in [-0.05, 0) is 20.3 Å². The van der Waals surface area contributed by atoms with Crippen LogP contribution in [0.4, 0.5) is 11.6 Å². The van der Waals surface area contributed by atoms with E-state index in [1.165, 1.54) is 0 Å². The van der Waals surface area contributed by atoms with Gasteiger partial charge in [0.05, 0.1) is 11.4 Å². The maximum absolute atomic E-state index is 4.72. The summed E-state index contributed by atoms with van der Waals surface area (Å²) in [6.07, 6.45) is 2.89. The van der Waals surface area contributed by atoms with Crippen molar-refractivity contribution in [1.82, 2.24) is 19.9 Å². The number of aromatic nitrogens is 4. The Hall–Kier alpha value is -1.78. The van der Waals surface area contributed by atoms with Gasteiger partial charge in [0.25, 0.3) is 0 Å². The number of nitrogens with one attached hydrogen (secondary N) is 2. The number of aromatic amines is 2. The van der Waals surface area contributed by atoms with Gasteiger partial charge in [-0.1, -0.05) is 20.8 Å². The van der Waals surface area contributed by atoms with Crippen LogP contribution in [-0.2, 0) is 12.8 Å². The number of rotatable bonds is 6. The van der Waals surface area contributed by atoms with Gasteiger partial charge in [0.15, 0.2) is 11.6 Å². The summed E-state index contributed by atoms with van der Waals surface area (Å²) < 4.78 is 0. The Morgan fingerprint density at radius 1 is 0.850 bits per heavy atom. The van der Waals surface area contributed by atoms with Crippen molar-refractivity contribution in [2.24, 2.45) is 0 Å². The monoisotopic (exact) mass is 275 g/mol. The van der Waals surface area contributed by atoms with Gasteiger partial charge < -0.3 is 14.9 Å². The molecule has 2 N–H and O–H groups in total. The highest BCUT2D eigenvalue weighted by molar-refractivity contribution is 5.60. The highest BCUT2D eigenvalue weighted by atomic mass is 15.3. The molecule has 0 aliphatic heterocycles. The van der Waals surface area contributed by atoms with Gasteiger partial charge in [-0.2, -0.15) is 0 Å². The quantitative estimate of drug-likeness (QED) is 0.849. The molecule has 0 unspecified atom stereocenters. The van der Waals surface area contributed by atoms with Crippen LogP contribution in [-0.4, -0.2) is 26.5 Å². The van der Waals surface area contributed by atoms with Crippen molar-refractivity contribution in [1.29, 1.82) is 0 Å². The average molecular weight is 275 g/mol. The van der Waals surface area contributed by atoms with Crippen molar-refractivity contribution in [3.8, 4) is 0 Å². The van der Waals surface area contributed by atoms with Crippen LogP contribution >= 0.6 is 0 Å². The maximum Gasteiger partial charge on any atom is 0.155 e. The first-order valence-corrected chi connectivity index (χ1v) is 7.49. The molecule has 0 aromatic carbocycles. The second kappa shape index (κ2) is 6.11. The van der Waals surface area contributed by atoms with Gasteiger partial charge in [0.2, 0.25) is 0 Å². The summed E-state index contributed by atoms with van der Waals surface area (Å²) in [6, 6.07) is 0. The standard InChI is InChI=1S/C15H25N5/c1-6-9-20(14-10(4)16-12(7-2)18-14)15-11(5)17-13(8-3)19-15/h6-9H2,1-5H3,(H,16,18)(H,17,19). The van der Waals surface area contributed by atoms with E-state index in [2.05, 4.69) is 49.5 Å². The van der Waals surface area contributed by atoms with Crippen LogP contribution in [0.3, 0.4) is 0 Å². The van der Waals surface area contributed by atoms with Gasteiger partial charge in [-0.25, -0.2) is 9.97 Å². The largest absolute Gasteiger partial charge is 0.344 e. The molecule has 0 bridgehead atoms. The Kier molecular flexibility index (Phi) is 4.47. The molecule has 0 saturated heterocycles. The molecule has 0 radical (unpaired) electrons. The number of hydrogen-bond acceptors (Lipinski definition) is 3. The molecule has 2 aromatic heterocycles. The van der Waals surface area contributed by atoms with Crippen LogP contribution in [0.5, 0.6) is 0 Å². The molecule has 20 heavy (non-hydrogen) atoms. The topological polar surface area (TPSA) is 60.6 Å². The molecule has 5 heteroatoms. The third kappa shape index (κ3) is 2.71. The number of hydrogen-bond donors (Lipinski definition) is 2. The lowest BCUT2D eigenvalue weighted by Gasteiger charge is -2.21. The molecule has 2 aromatic rings. The fraction of sp³-hybridized carbons (Fsp3) is 0.600. The number of nitrogens with zero attached hydrogens (tertiary/aromatic N) is 3. The second-order valence-electron chi connectivity index (χ2n) is 5.12. The summed E-state index contributed by atoms with van der Waals surface area (Å²) in [7, 11) is 0. The summed E-state index contributed by atoms with van der Waals surface area (Å²) in [5.74, 6) is 4.06. The van der Waals surface area contributed by atoms with E-state index in [-0.39, 0.29) is 0 Å². The Morgan fingerprint density at radius 3 is 1.60 bits per heavy atom. The van der Waals surface area contributed by atoms with Crippen LogP contribution in [0.15, 0.2) is 0 Å². The summed E-state index contributed by atoms with van der Waals surface area (Å²) in [4.78, 5) is 18.4. The second-order valence-corrected chi connectivity index (χ2v) is 5.12. The van der Waals surface area contributed by atoms with Crippen molar-refractivity contribution in [3.05, 3.63) is 23.0 Å². The lowest BCUT2D eigenvalue weighted by Crippen LogP contribution is -2.20. The smallest absolute Gasteiger partial charge is 0.155 e. The molecule has 0 spiro atoms. The van der Waals surface area contributed by atoms with E-state index < -0.39 is 0 Å². The van der Waals surface area contributed by atoms with Crippen LogP contribution in [0.25, 0.3) is 0 Å². The average Bonchev–Trinajstić information content (AvgIpc) is 2.99. The molecule has 2 heterocycles. The molecular formula is C15H25N5. The molecule has 0 amide bonds. The first-order chi connectivity index (χ1) is 9.60. The molecule has 0 aliphatic carbocycles.